The maximum Gasteiger partial charge on any atom is 0.241 e. The SMILES string of the molecule is O=C(CN1CCCC2(CCC(=O)N(C3CC3)C2)C1)N1CCc2ccccc21. The van der Waals surface area contributed by atoms with Crippen molar-refractivity contribution in [2.45, 2.75) is 51.0 Å². The second-order valence-corrected chi connectivity index (χ2v) is 8.99. The molecule has 5 rings (SSSR count). The molecule has 0 N–H and O–H groups in total. The Bertz CT molecular complexity index is 760. The van der Waals surface area contributed by atoms with Crippen molar-refractivity contribution < 1.29 is 9.59 Å². The Morgan fingerprint density at radius 1 is 1.07 bits per heavy atom. The van der Waals surface area contributed by atoms with Gasteiger partial charge in [0.25, 0.3) is 0 Å². The number of fused-ring (bicyclic) bond motifs is 1. The first-order valence-corrected chi connectivity index (χ1v) is 10.5. The van der Waals surface area contributed by atoms with Crippen molar-refractivity contribution in [2.24, 2.45) is 5.41 Å². The molecule has 144 valence electrons. The molecular weight excluding hydrogens is 338 g/mol. The molecule has 4 aliphatic rings. The van der Waals surface area contributed by atoms with Crippen molar-refractivity contribution in [3.63, 3.8) is 0 Å². The van der Waals surface area contributed by atoms with Gasteiger partial charge >= 0.3 is 0 Å². The number of hydrogen-bond donors (Lipinski definition) is 0. The molecule has 0 aromatic heterocycles. The lowest BCUT2D eigenvalue weighted by Crippen LogP contribution is -2.55. The predicted octanol–water partition coefficient (Wildman–Crippen LogP) is 2.44. The molecule has 5 heteroatoms. The third-order valence-electron chi connectivity index (χ3n) is 6.97. The highest BCUT2D eigenvalue weighted by Crippen LogP contribution is 2.42. The maximum atomic E-state index is 13.0. The van der Waals surface area contributed by atoms with E-state index in [4.69, 9.17) is 0 Å². The minimum atomic E-state index is 0.206. The summed E-state index contributed by atoms with van der Waals surface area (Å²) in [6, 6.07) is 8.78. The van der Waals surface area contributed by atoms with Gasteiger partial charge in [-0.3, -0.25) is 14.5 Å². The Labute approximate surface area is 161 Å². The number of anilines is 1. The average Bonchev–Trinajstić information content (AvgIpc) is 3.42. The van der Waals surface area contributed by atoms with E-state index >= 15 is 0 Å². The summed E-state index contributed by atoms with van der Waals surface area (Å²) in [6.45, 7) is 4.19. The lowest BCUT2D eigenvalue weighted by molar-refractivity contribution is -0.140. The number of piperidine rings is 2. The van der Waals surface area contributed by atoms with Crippen LogP contribution in [-0.2, 0) is 16.0 Å². The van der Waals surface area contributed by atoms with Crippen LogP contribution in [0.4, 0.5) is 5.69 Å². The van der Waals surface area contributed by atoms with Crippen LogP contribution in [0, 0.1) is 5.41 Å². The van der Waals surface area contributed by atoms with E-state index in [9.17, 15) is 9.59 Å². The van der Waals surface area contributed by atoms with Gasteiger partial charge in [-0.05, 0) is 56.7 Å². The first-order chi connectivity index (χ1) is 13.1. The van der Waals surface area contributed by atoms with E-state index in [1.165, 1.54) is 24.8 Å². The number of para-hydroxylation sites is 1. The number of benzene rings is 1. The van der Waals surface area contributed by atoms with Crippen LogP contribution in [0.1, 0.15) is 44.1 Å². The highest BCUT2D eigenvalue weighted by Gasteiger charge is 2.45. The molecule has 0 bridgehead atoms. The molecule has 2 amide bonds. The van der Waals surface area contributed by atoms with Crippen molar-refractivity contribution in [2.75, 3.05) is 37.6 Å². The average molecular weight is 367 g/mol. The molecule has 3 aliphatic heterocycles. The predicted molar refractivity (Wildman–Crippen MR) is 105 cm³/mol. The summed E-state index contributed by atoms with van der Waals surface area (Å²) in [4.78, 5) is 31.8. The van der Waals surface area contributed by atoms with Crippen LogP contribution in [0.5, 0.6) is 0 Å². The van der Waals surface area contributed by atoms with Gasteiger partial charge < -0.3 is 9.80 Å². The van der Waals surface area contributed by atoms with Crippen LogP contribution in [0.25, 0.3) is 0 Å². The highest BCUT2D eigenvalue weighted by atomic mass is 16.2. The molecule has 3 fully saturated rings. The number of amides is 2. The van der Waals surface area contributed by atoms with Crippen LogP contribution >= 0.6 is 0 Å². The van der Waals surface area contributed by atoms with Crippen molar-refractivity contribution in [3.8, 4) is 0 Å². The number of likely N-dealkylation sites (tertiary alicyclic amines) is 2. The molecule has 1 aromatic rings. The largest absolute Gasteiger partial charge is 0.339 e. The van der Waals surface area contributed by atoms with Crippen LogP contribution < -0.4 is 4.90 Å². The maximum absolute atomic E-state index is 13.0. The topological polar surface area (TPSA) is 43.9 Å². The zero-order chi connectivity index (χ0) is 18.4. The lowest BCUT2D eigenvalue weighted by Gasteiger charge is -2.48. The molecule has 2 saturated heterocycles. The molecule has 1 spiro atoms. The first-order valence-electron chi connectivity index (χ1n) is 10.5. The molecule has 1 aromatic carbocycles. The Hall–Kier alpha value is -1.88. The van der Waals surface area contributed by atoms with E-state index in [1.807, 2.05) is 11.0 Å². The third-order valence-corrected chi connectivity index (χ3v) is 6.97. The fourth-order valence-electron chi connectivity index (χ4n) is 5.42. The van der Waals surface area contributed by atoms with E-state index in [0.29, 0.717) is 24.9 Å². The molecule has 27 heavy (non-hydrogen) atoms. The summed E-state index contributed by atoms with van der Waals surface area (Å²) in [5.74, 6) is 0.577. The second-order valence-electron chi connectivity index (χ2n) is 8.99. The summed E-state index contributed by atoms with van der Waals surface area (Å²) in [5, 5.41) is 0. The molecule has 0 radical (unpaired) electrons. The first kappa shape index (κ1) is 17.2. The number of carbonyl (C=O) groups is 2. The quantitative estimate of drug-likeness (QED) is 0.824. The molecule has 1 aliphatic carbocycles. The Morgan fingerprint density at radius 3 is 2.78 bits per heavy atom. The number of carbonyl (C=O) groups excluding carboxylic acids is 2. The van der Waals surface area contributed by atoms with Crippen molar-refractivity contribution in [1.29, 1.82) is 0 Å². The summed E-state index contributed by atoms with van der Waals surface area (Å²) < 4.78 is 0. The standard InChI is InChI=1S/C22H29N3O2/c26-20-8-11-22(16-25(20)18-6-7-18)10-3-12-23(15-22)14-21(27)24-13-9-17-4-1-2-5-19(17)24/h1-2,4-5,18H,3,6-16H2. The number of hydrogen-bond acceptors (Lipinski definition) is 3. The Balaban J connectivity index is 1.25. The highest BCUT2D eigenvalue weighted by molar-refractivity contribution is 5.96. The van der Waals surface area contributed by atoms with Crippen molar-refractivity contribution in [3.05, 3.63) is 29.8 Å². The van der Waals surface area contributed by atoms with Crippen molar-refractivity contribution in [1.82, 2.24) is 9.80 Å². The lowest BCUT2D eigenvalue weighted by atomic mass is 9.73. The van der Waals surface area contributed by atoms with Gasteiger partial charge in [0.15, 0.2) is 0 Å². The molecule has 1 unspecified atom stereocenters. The van der Waals surface area contributed by atoms with Crippen molar-refractivity contribution >= 4 is 17.5 Å². The molecule has 1 atom stereocenters. The van der Waals surface area contributed by atoms with Gasteiger partial charge in [-0.2, -0.15) is 0 Å². The molecule has 5 nitrogen and oxygen atoms in total. The summed E-state index contributed by atoms with van der Waals surface area (Å²) >= 11 is 0. The fourth-order valence-corrected chi connectivity index (χ4v) is 5.42. The molecule has 1 saturated carbocycles. The third kappa shape index (κ3) is 3.27. The van der Waals surface area contributed by atoms with Gasteiger partial charge in [-0.15, -0.1) is 0 Å². The van der Waals surface area contributed by atoms with Gasteiger partial charge in [-0.1, -0.05) is 18.2 Å². The minimum Gasteiger partial charge on any atom is -0.339 e. The van der Waals surface area contributed by atoms with E-state index in [1.54, 1.807) is 0 Å². The van der Waals surface area contributed by atoms with Crippen LogP contribution in [0.2, 0.25) is 0 Å². The van der Waals surface area contributed by atoms with Crippen LogP contribution in [-0.4, -0.2) is 60.4 Å². The van der Waals surface area contributed by atoms with E-state index in [2.05, 4.69) is 28.0 Å². The van der Waals surface area contributed by atoms with Gasteiger partial charge in [0.05, 0.1) is 6.54 Å². The smallest absolute Gasteiger partial charge is 0.241 e. The summed E-state index contributed by atoms with van der Waals surface area (Å²) in [7, 11) is 0. The van der Waals surface area contributed by atoms with Crippen LogP contribution in [0.3, 0.4) is 0 Å². The van der Waals surface area contributed by atoms with E-state index < -0.39 is 0 Å². The normalized spacial score (nSPS) is 28.7. The van der Waals surface area contributed by atoms with E-state index in [-0.39, 0.29) is 11.3 Å². The Kier molecular flexibility index (Phi) is 4.23. The molecular formula is C22H29N3O2. The van der Waals surface area contributed by atoms with Gasteiger partial charge in [0, 0.05) is 43.2 Å². The fraction of sp³-hybridized carbons (Fsp3) is 0.636. The summed E-state index contributed by atoms with van der Waals surface area (Å²) in [6.07, 6.45) is 7.34. The zero-order valence-corrected chi connectivity index (χ0v) is 16.0. The van der Waals surface area contributed by atoms with Gasteiger partial charge in [0.2, 0.25) is 11.8 Å². The van der Waals surface area contributed by atoms with Crippen LogP contribution in [0.15, 0.2) is 24.3 Å². The zero-order valence-electron chi connectivity index (χ0n) is 16.0. The molecule has 3 heterocycles. The minimum absolute atomic E-state index is 0.206. The Morgan fingerprint density at radius 2 is 1.93 bits per heavy atom. The van der Waals surface area contributed by atoms with Gasteiger partial charge in [-0.25, -0.2) is 0 Å². The second kappa shape index (κ2) is 6.62. The monoisotopic (exact) mass is 367 g/mol. The van der Waals surface area contributed by atoms with Gasteiger partial charge in [0.1, 0.15) is 0 Å². The number of rotatable bonds is 3. The number of nitrogens with zero attached hydrogens (tertiary/aromatic N) is 3. The summed E-state index contributed by atoms with van der Waals surface area (Å²) in [5.41, 5.74) is 2.59. The van der Waals surface area contributed by atoms with E-state index in [0.717, 1.165) is 51.1 Å².